The Hall–Kier alpha value is -1.32. The van der Waals surface area contributed by atoms with Crippen molar-refractivity contribution in [1.82, 2.24) is 0 Å². The molecule has 0 aliphatic carbocycles. The van der Waals surface area contributed by atoms with Crippen LogP contribution in [0.25, 0.3) is 0 Å². The summed E-state index contributed by atoms with van der Waals surface area (Å²) in [5.41, 5.74) is -0.0460. The summed E-state index contributed by atoms with van der Waals surface area (Å²) < 4.78 is 38.7. The molecule has 1 atom stereocenters. The van der Waals surface area contributed by atoms with Gasteiger partial charge in [0.1, 0.15) is 11.9 Å². The van der Waals surface area contributed by atoms with Gasteiger partial charge in [0.2, 0.25) is 10.0 Å². The first-order chi connectivity index (χ1) is 8.38. The number of rotatable bonds is 5. The average Bonchev–Trinajstić information content (AvgIpc) is 2.30. The highest BCUT2D eigenvalue weighted by atomic mass is 35.5. The normalized spacial score (nSPS) is 12.8. The third kappa shape index (κ3) is 4.17. The standard InChI is InChI=1S/C11H12ClFN2O2S/c1-8(5-12)7-18(16,17)15-10-2-3-11(13)9(4-10)6-14/h2-4,8,15H,5,7H2,1H3. The highest BCUT2D eigenvalue weighted by molar-refractivity contribution is 7.92. The number of halogens is 2. The summed E-state index contributed by atoms with van der Waals surface area (Å²) in [7, 11) is -3.55. The first kappa shape index (κ1) is 14.7. The van der Waals surface area contributed by atoms with Crippen LogP contribution in [0.1, 0.15) is 12.5 Å². The molecule has 1 N–H and O–H groups in total. The van der Waals surface area contributed by atoms with Gasteiger partial charge in [0, 0.05) is 11.6 Å². The fourth-order valence-corrected chi connectivity index (χ4v) is 2.99. The van der Waals surface area contributed by atoms with E-state index in [0.717, 1.165) is 12.1 Å². The van der Waals surface area contributed by atoms with Gasteiger partial charge in [0.25, 0.3) is 0 Å². The van der Waals surface area contributed by atoms with Gasteiger partial charge in [-0.1, -0.05) is 6.92 Å². The van der Waals surface area contributed by atoms with Crippen LogP contribution in [0.5, 0.6) is 0 Å². The number of nitrogens with one attached hydrogen (secondary N) is 1. The van der Waals surface area contributed by atoms with Gasteiger partial charge in [0.05, 0.1) is 11.3 Å². The van der Waals surface area contributed by atoms with Gasteiger partial charge in [-0.15, -0.1) is 11.6 Å². The SMILES string of the molecule is CC(CCl)CS(=O)(=O)Nc1ccc(F)c(C#N)c1. The van der Waals surface area contributed by atoms with Crippen LogP contribution in [0.3, 0.4) is 0 Å². The molecule has 0 aromatic heterocycles. The molecule has 0 aliphatic heterocycles. The summed E-state index contributed by atoms with van der Waals surface area (Å²) in [6.07, 6.45) is 0. The maximum Gasteiger partial charge on any atom is 0.233 e. The number of sulfonamides is 1. The van der Waals surface area contributed by atoms with E-state index in [1.54, 1.807) is 13.0 Å². The Morgan fingerprint density at radius 3 is 2.78 bits per heavy atom. The molecule has 98 valence electrons. The van der Waals surface area contributed by atoms with Gasteiger partial charge in [0.15, 0.2) is 0 Å². The van der Waals surface area contributed by atoms with Crippen molar-refractivity contribution in [3.63, 3.8) is 0 Å². The first-order valence-corrected chi connectivity index (χ1v) is 7.32. The molecular weight excluding hydrogens is 279 g/mol. The highest BCUT2D eigenvalue weighted by Gasteiger charge is 2.15. The van der Waals surface area contributed by atoms with Gasteiger partial charge >= 0.3 is 0 Å². The Labute approximate surface area is 110 Å². The Morgan fingerprint density at radius 2 is 2.22 bits per heavy atom. The summed E-state index contributed by atoms with van der Waals surface area (Å²) in [4.78, 5) is 0. The third-order valence-electron chi connectivity index (χ3n) is 2.13. The lowest BCUT2D eigenvalue weighted by Crippen LogP contribution is -2.22. The summed E-state index contributed by atoms with van der Waals surface area (Å²) >= 11 is 5.54. The summed E-state index contributed by atoms with van der Waals surface area (Å²) in [6.45, 7) is 1.71. The van der Waals surface area contributed by atoms with Crippen LogP contribution in [-0.4, -0.2) is 20.1 Å². The van der Waals surface area contributed by atoms with Crippen LogP contribution in [-0.2, 0) is 10.0 Å². The van der Waals surface area contributed by atoms with Crippen molar-refractivity contribution >= 4 is 27.3 Å². The minimum Gasteiger partial charge on any atom is -0.283 e. The number of alkyl halides is 1. The van der Waals surface area contributed by atoms with Crippen LogP contribution < -0.4 is 4.72 Å². The summed E-state index contributed by atoms with van der Waals surface area (Å²) in [5.74, 6) is -0.779. The van der Waals surface area contributed by atoms with Gasteiger partial charge < -0.3 is 0 Å². The summed E-state index contributed by atoms with van der Waals surface area (Å²) in [5, 5.41) is 8.64. The monoisotopic (exact) mass is 290 g/mol. The fourth-order valence-electron chi connectivity index (χ4n) is 1.31. The van der Waals surface area contributed by atoms with Crippen LogP contribution in [0.4, 0.5) is 10.1 Å². The molecular formula is C11H12ClFN2O2S. The maximum atomic E-state index is 13.1. The van der Waals surface area contributed by atoms with Crippen molar-refractivity contribution in [2.45, 2.75) is 6.92 Å². The molecule has 0 fully saturated rings. The number of hydrogen-bond donors (Lipinski definition) is 1. The van der Waals surface area contributed by atoms with Crippen LogP contribution >= 0.6 is 11.6 Å². The number of anilines is 1. The summed E-state index contributed by atoms with van der Waals surface area (Å²) in [6, 6.07) is 5.10. The Kier molecular flexibility index (Phi) is 4.93. The second-order valence-corrected chi connectivity index (χ2v) is 6.02. The molecule has 0 heterocycles. The van der Waals surface area contributed by atoms with E-state index in [4.69, 9.17) is 16.9 Å². The first-order valence-electron chi connectivity index (χ1n) is 5.14. The zero-order chi connectivity index (χ0) is 13.8. The third-order valence-corrected chi connectivity index (χ3v) is 4.21. The van der Waals surface area contributed by atoms with E-state index in [2.05, 4.69) is 4.72 Å². The molecule has 0 aliphatic rings. The van der Waals surface area contributed by atoms with Gasteiger partial charge in [-0.2, -0.15) is 5.26 Å². The van der Waals surface area contributed by atoms with Gasteiger partial charge in [-0.3, -0.25) is 4.72 Å². The molecule has 4 nitrogen and oxygen atoms in total. The zero-order valence-corrected chi connectivity index (χ0v) is 11.2. The lowest BCUT2D eigenvalue weighted by molar-refractivity contribution is 0.588. The largest absolute Gasteiger partial charge is 0.283 e. The predicted molar refractivity (Wildman–Crippen MR) is 68.4 cm³/mol. The van der Waals surface area contributed by atoms with E-state index in [9.17, 15) is 12.8 Å². The van der Waals surface area contributed by atoms with E-state index < -0.39 is 15.8 Å². The van der Waals surface area contributed by atoms with Crippen molar-refractivity contribution in [2.24, 2.45) is 5.92 Å². The number of benzene rings is 1. The molecule has 0 amide bonds. The number of nitrogens with zero attached hydrogens (tertiary/aromatic N) is 1. The average molecular weight is 291 g/mol. The van der Waals surface area contributed by atoms with E-state index in [1.165, 1.54) is 6.07 Å². The molecule has 1 aromatic carbocycles. The highest BCUT2D eigenvalue weighted by Crippen LogP contribution is 2.16. The molecule has 0 saturated carbocycles. The number of hydrogen-bond acceptors (Lipinski definition) is 3. The minimum absolute atomic E-state index is 0.129. The topological polar surface area (TPSA) is 70.0 Å². The van der Waals surface area contributed by atoms with Crippen molar-refractivity contribution in [1.29, 1.82) is 5.26 Å². The van der Waals surface area contributed by atoms with Gasteiger partial charge in [-0.05, 0) is 24.1 Å². The molecule has 0 bridgehead atoms. The van der Waals surface area contributed by atoms with Gasteiger partial charge in [-0.25, -0.2) is 12.8 Å². The zero-order valence-electron chi connectivity index (χ0n) is 9.65. The molecule has 1 aromatic rings. The van der Waals surface area contributed by atoms with Crippen LogP contribution in [0.2, 0.25) is 0 Å². The van der Waals surface area contributed by atoms with E-state index >= 15 is 0 Å². The predicted octanol–water partition coefficient (Wildman–Crippen LogP) is 2.31. The van der Waals surface area contributed by atoms with E-state index in [-0.39, 0.29) is 28.8 Å². The quantitative estimate of drug-likeness (QED) is 0.846. The Balaban J connectivity index is 2.88. The van der Waals surface area contributed by atoms with E-state index in [1.807, 2.05) is 0 Å². The Bertz CT molecular complexity index is 569. The van der Waals surface area contributed by atoms with E-state index in [0.29, 0.717) is 0 Å². The molecule has 1 rings (SSSR count). The molecule has 1 unspecified atom stereocenters. The maximum absolute atomic E-state index is 13.1. The Morgan fingerprint density at radius 1 is 1.56 bits per heavy atom. The lowest BCUT2D eigenvalue weighted by atomic mass is 10.2. The number of nitriles is 1. The van der Waals surface area contributed by atoms with Crippen molar-refractivity contribution in [3.05, 3.63) is 29.6 Å². The van der Waals surface area contributed by atoms with Crippen LogP contribution in [0.15, 0.2) is 18.2 Å². The van der Waals surface area contributed by atoms with Crippen molar-refractivity contribution in [3.8, 4) is 6.07 Å². The lowest BCUT2D eigenvalue weighted by Gasteiger charge is -2.11. The molecule has 0 radical (unpaired) electrons. The molecule has 7 heteroatoms. The molecule has 0 spiro atoms. The van der Waals surface area contributed by atoms with Crippen molar-refractivity contribution < 1.29 is 12.8 Å². The minimum atomic E-state index is -3.55. The second-order valence-electron chi connectivity index (χ2n) is 3.95. The van der Waals surface area contributed by atoms with Crippen molar-refractivity contribution in [2.75, 3.05) is 16.4 Å². The molecule has 0 saturated heterocycles. The van der Waals surface area contributed by atoms with Crippen LogP contribution in [0, 0.1) is 23.1 Å². The second kappa shape index (κ2) is 6.03. The smallest absolute Gasteiger partial charge is 0.233 e. The fraction of sp³-hybridized carbons (Fsp3) is 0.364. The molecule has 18 heavy (non-hydrogen) atoms.